The van der Waals surface area contributed by atoms with E-state index in [1.807, 2.05) is 6.20 Å². The molecule has 4 nitrogen and oxygen atoms in total. The van der Waals surface area contributed by atoms with E-state index < -0.39 is 0 Å². The van der Waals surface area contributed by atoms with E-state index in [9.17, 15) is 0 Å². The van der Waals surface area contributed by atoms with Crippen LogP contribution in [0.5, 0.6) is 0 Å². The highest BCUT2D eigenvalue weighted by Crippen LogP contribution is 2.34. The van der Waals surface area contributed by atoms with Gasteiger partial charge in [0.2, 0.25) is 0 Å². The standard InChI is InChI=1S/C16H30N4S/c1-5-19(6-2)7-8-20-11-15(10-17-20)18-14-9-16(3,4)13-21-12-14/h10-11,14,18H,5-9,12-13H2,1-4H3. The molecule has 0 amide bonds. The fraction of sp³-hybridized carbons (Fsp3) is 0.812. The predicted molar refractivity (Wildman–Crippen MR) is 93.1 cm³/mol. The van der Waals surface area contributed by atoms with Crippen molar-refractivity contribution in [2.24, 2.45) is 5.41 Å². The zero-order valence-electron chi connectivity index (χ0n) is 13.9. The van der Waals surface area contributed by atoms with Gasteiger partial charge in [-0.05, 0) is 30.7 Å². The first-order chi connectivity index (χ1) is 10.0. The first kappa shape index (κ1) is 16.7. The lowest BCUT2D eigenvalue weighted by molar-refractivity contribution is 0.285. The third kappa shape index (κ3) is 5.22. The van der Waals surface area contributed by atoms with Crippen molar-refractivity contribution >= 4 is 17.4 Å². The van der Waals surface area contributed by atoms with Crippen LogP contribution in [0.25, 0.3) is 0 Å². The number of nitrogens with zero attached hydrogens (tertiary/aromatic N) is 3. The molecule has 1 saturated heterocycles. The molecule has 1 atom stereocenters. The Hall–Kier alpha value is -0.680. The lowest BCUT2D eigenvalue weighted by atomic mass is 9.88. The molecule has 2 heterocycles. The summed E-state index contributed by atoms with van der Waals surface area (Å²) in [7, 11) is 0. The normalized spacial score (nSPS) is 21.7. The van der Waals surface area contributed by atoms with Gasteiger partial charge in [0.15, 0.2) is 0 Å². The lowest BCUT2D eigenvalue weighted by Crippen LogP contribution is -2.35. The van der Waals surface area contributed by atoms with Gasteiger partial charge in [0, 0.05) is 24.5 Å². The second kappa shape index (κ2) is 7.54. The summed E-state index contributed by atoms with van der Waals surface area (Å²) in [6.07, 6.45) is 5.36. The summed E-state index contributed by atoms with van der Waals surface area (Å²) >= 11 is 2.06. The Kier molecular flexibility index (Phi) is 5.99. The predicted octanol–water partition coefficient (Wildman–Crippen LogP) is 3.17. The molecular weight excluding hydrogens is 280 g/mol. The van der Waals surface area contributed by atoms with Crippen LogP contribution in [0.1, 0.15) is 34.1 Å². The molecule has 1 N–H and O–H groups in total. The molecule has 1 fully saturated rings. The van der Waals surface area contributed by atoms with Gasteiger partial charge in [-0.15, -0.1) is 0 Å². The van der Waals surface area contributed by atoms with Crippen LogP contribution in [0.4, 0.5) is 5.69 Å². The third-order valence-corrected chi connectivity index (χ3v) is 5.78. The lowest BCUT2D eigenvalue weighted by Gasteiger charge is -2.35. The van der Waals surface area contributed by atoms with Gasteiger partial charge in [0.1, 0.15) is 0 Å². The highest BCUT2D eigenvalue weighted by molar-refractivity contribution is 7.99. The van der Waals surface area contributed by atoms with Crippen LogP contribution in [0.15, 0.2) is 12.4 Å². The number of rotatable bonds is 7. The summed E-state index contributed by atoms with van der Waals surface area (Å²) in [5.74, 6) is 2.47. The Morgan fingerprint density at radius 2 is 2.19 bits per heavy atom. The zero-order valence-corrected chi connectivity index (χ0v) is 14.7. The third-order valence-electron chi connectivity index (χ3n) is 4.15. The van der Waals surface area contributed by atoms with Gasteiger partial charge in [-0.1, -0.05) is 27.7 Å². The quantitative estimate of drug-likeness (QED) is 0.838. The van der Waals surface area contributed by atoms with Crippen LogP contribution in [-0.2, 0) is 6.54 Å². The number of thioether (sulfide) groups is 1. The average Bonchev–Trinajstić information content (AvgIpc) is 2.86. The topological polar surface area (TPSA) is 33.1 Å². The van der Waals surface area contributed by atoms with E-state index in [1.165, 1.54) is 17.9 Å². The molecule has 0 aliphatic carbocycles. The average molecular weight is 311 g/mol. The van der Waals surface area contributed by atoms with Crippen LogP contribution < -0.4 is 5.32 Å². The minimum atomic E-state index is 0.444. The van der Waals surface area contributed by atoms with Crippen molar-refractivity contribution < 1.29 is 0 Å². The molecule has 1 unspecified atom stereocenters. The van der Waals surface area contributed by atoms with Crippen LogP contribution in [-0.4, -0.2) is 51.9 Å². The molecule has 120 valence electrons. The van der Waals surface area contributed by atoms with Crippen molar-refractivity contribution in [1.29, 1.82) is 0 Å². The van der Waals surface area contributed by atoms with Gasteiger partial charge in [-0.25, -0.2) is 0 Å². The number of anilines is 1. The molecule has 1 aliphatic rings. The van der Waals surface area contributed by atoms with Gasteiger partial charge >= 0.3 is 0 Å². The highest BCUT2D eigenvalue weighted by atomic mass is 32.2. The zero-order chi connectivity index (χ0) is 15.3. The SMILES string of the molecule is CCN(CC)CCn1cc(NC2CSCC(C)(C)C2)cn1. The Morgan fingerprint density at radius 3 is 2.86 bits per heavy atom. The van der Waals surface area contributed by atoms with Crippen molar-refractivity contribution in [3.05, 3.63) is 12.4 Å². The van der Waals surface area contributed by atoms with Gasteiger partial charge < -0.3 is 10.2 Å². The molecule has 1 aromatic rings. The Labute approximate surface area is 133 Å². The van der Waals surface area contributed by atoms with Gasteiger partial charge in [-0.2, -0.15) is 16.9 Å². The van der Waals surface area contributed by atoms with E-state index in [4.69, 9.17) is 0 Å². The molecule has 0 saturated carbocycles. The number of likely N-dealkylation sites (N-methyl/N-ethyl adjacent to an activating group) is 1. The molecule has 1 aromatic heterocycles. The largest absolute Gasteiger partial charge is 0.379 e. The van der Waals surface area contributed by atoms with Crippen molar-refractivity contribution in [2.75, 3.05) is 36.5 Å². The van der Waals surface area contributed by atoms with Crippen LogP contribution in [0.3, 0.4) is 0 Å². The molecule has 0 bridgehead atoms. The Morgan fingerprint density at radius 1 is 1.43 bits per heavy atom. The van der Waals surface area contributed by atoms with E-state index in [0.29, 0.717) is 11.5 Å². The summed E-state index contributed by atoms with van der Waals surface area (Å²) in [5.41, 5.74) is 1.61. The smallest absolute Gasteiger partial charge is 0.0728 e. The molecule has 0 spiro atoms. The van der Waals surface area contributed by atoms with E-state index in [0.717, 1.165) is 31.9 Å². The fourth-order valence-corrected chi connectivity index (χ4v) is 4.21. The second-order valence-electron chi connectivity index (χ2n) is 6.74. The first-order valence-electron chi connectivity index (χ1n) is 8.11. The molecule has 0 aromatic carbocycles. The Bertz CT molecular complexity index is 426. The summed E-state index contributed by atoms with van der Waals surface area (Å²) in [6, 6.07) is 0.569. The molecule has 2 rings (SSSR count). The van der Waals surface area contributed by atoms with Gasteiger partial charge in [0.25, 0.3) is 0 Å². The van der Waals surface area contributed by atoms with Gasteiger partial charge in [-0.3, -0.25) is 4.68 Å². The molecule has 5 heteroatoms. The van der Waals surface area contributed by atoms with E-state index in [1.54, 1.807) is 0 Å². The molecule has 21 heavy (non-hydrogen) atoms. The molecule has 0 radical (unpaired) electrons. The van der Waals surface area contributed by atoms with Crippen molar-refractivity contribution in [1.82, 2.24) is 14.7 Å². The number of hydrogen-bond acceptors (Lipinski definition) is 4. The summed E-state index contributed by atoms with van der Waals surface area (Å²) < 4.78 is 2.06. The maximum atomic E-state index is 4.48. The van der Waals surface area contributed by atoms with Crippen LogP contribution in [0.2, 0.25) is 0 Å². The van der Waals surface area contributed by atoms with Gasteiger partial charge in [0.05, 0.1) is 18.4 Å². The fourth-order valence-electron chi connectivity index (χ4n) is 2.93. The minimum Gasteiger partial charge on any atom is -0.379 e. The van der Waals surface area contributed by atoms with E-state index >= 15 is 0 Å². The van der Waals surface area contributed by atoms with E-state index in [-0.39, 0.29) is 0 Å². The van der Waals surface area contributed by atoms with E-state index in [2.05, 4.69) is 65.7 Å². The Balaban J connectivity index is 1.82. The maximum absolute atomic E-state index is 4.48. The minimum absolute atomic E-state index is 0.444. The highest BCUT2D eigenvalue weighted by Gasteiger charge is 2.28. The summed E-state index contributed by atoms with van der Waals surface area (Å²) in [6.45, 7) is 13.4. The molecule has 1 aliphatic heterocycles. The first-order valence-corrected chi connectivity index (χ1v) is 9.27. The van der Waals surface area contributed by atoms with Crippen molar-refractivity contribution in [3.63, 3.8) is 0 Å². The van der Waals surface area contributed by atoms with Crippen molar-refractivity contribution in [2.45, 2.75) is 46.7 Å². The van der Waals surface area contributed by atoms with Crippen LogP contribution >= 0.6 is 11.8 Å². The van der Waals surface area contributed by atoms with Crippen molar-refractivity contribution in [3.8, 4) is 0 Å². The van der Waals surface area contributed by atoms with Crippen LogP contribution in [0, 0.1) is 5.41 Å². The summed E-state index contributed by atoms with van der Waals surface area (Å²) in [4.78, 5) is 2.43. The number of nitrogens with one attached hydrogen (secondary N) is 1. The monoisotopic (exact) mass is 310 g/mol. The second-order valence-corrected chi connectivity index (χ2v) is 7.77. The molecular formula is C16H30N4S. The number of aromatic nitrogens is 2. The summed E-state index contributed by atoms with van der Waals surface area (Å²) in [5, 5.41) is 8.13. The number of hydrogen-bond donors (Lipinski definition) is 1. The maximum Gasteiger partial charge on any atom is 0.0728 e.